The lowest BCUT2D eigenvalue weighted by molar-refractivity contribution is -0.120. The highest BCUT2D eigenvalue weighted by Crippen LogP contribution is 2.38. The number of carbonyl (C=O) groups is 2. The van der Waals surface area contributed by atoms with E-state index < -0.39 is 29.5 Å². The predicted octanol–water partition coefficient (Wildman–Crippen LogP) is 4.54. The average molecular weight is 562 g/mol. The van der Waals surface area contributed by atoms with Gasteiger partial charge in [-0.15, -0.1) is 11.3 Å². The topological polar surface area (TPSA) is 97.8 Å². The van der Waals surface area contributed by atoms with Gasteiger partial charge in [0.25, 0.3) is 11.8 Å². The molecule has 1 atom stereocenters. The van der Waals surface area contributed by atoms with E-state index in [0.717, 1.165) is 50.1 Å². The minimum Gasteiger partial charge on any atom is -0.508 e. The lowest BCUT2D eigenvalue weighted by Crippen LogP contribution is -2.43. The number of thiazole rings is 1. The first kappa shape index (κ1) is 25.9. The van der Waals surface area contributed by atoms with E-state index in [1.54, 1.807) is 29.6 Å². The van der Waals surface area contributed by atoms with E-state index in [0.29, 0.717) is 27.4 Å². The van der Waals surface area contributed by atoms with Crippen molar-refractivity contribution in [1.29, 1.82) is 0 Å². The van der Waals surface area contributed by atoms with Crippen LogP contribution in [0.2, 0.25) is 0 Å². The molecule has 40 heavy (non-hydrogen) atoms. The van der Waals surface area contributed by atoms with Gasteiger partial charge in [-0.05, 0) is 53.6 Å². The van der Waals surface area contributed by atoms with Crippen LogP contribution in [0.1, 0.15) is 27.5 Å². The Morgan fingerprint density at radius 2 is 1.88 bits per heavy atom. The summed E-state index contributed by atoms with van der Waals surface area (Å²) in [6.07, 6.45) is 1.52. The van der Waals surface area contributed by atoms with Crippen molar-refractivity contribution < 1.29 is 23.5 Å². The number of carbonyl (C=O) groups excluding carboxylic acids is 2. The number of phenolic OH excluding ortho intramolecular Hbond substituents is 1. The third-order valence-electron chi connectivity index (χ3n) is 7.19. The maximum absolute atomic E-state index is 15.3. The van der Waals surface area contributed by atoms with Crippen molar-refractivity contribution in [2.45, 2.75) is 12.6 Å². The van der Waals surface area contributed by atoms with Crippen LogP contribution in [0, 0.1) is 11.6 Å². The predicted molar refractivity (Wildman–Crippen MR) is 148 cm³/mol. The Kier molecular flexibility index (Phi) is 6.91. The van der Waals surface area contributed by atoms with Crippen LogP contribution in [0.4, 0.5) is 19.6 Å². The normalized spacial score (nSPS) is 15.7. The van der Waals surface area contributed by atoms with Crippen LogP contribution in [0.15, 0.2) is 66.2 Å². The van der Waals surface area contributed by atoms with E-state index in [1.807, 2.05) is 6.07 Å². The van der Waals surface area contributed by atoms with Crippen LogP contribution >= 0.6 is 11.3 Å². The third kappa shape index (κ3) is 4.89. The number of amides is 2. The van der Waals surface area contributed by atoms with Crippen molar-refractivity contribution in [3.63, 3.8) is 0 Å². The lowest BCUT2D eigenvalue weighted by Gasteiger charge is -2.29. The zero-order valence-electron chi connectivity index (χ0n) is 21.2. The second kappa shape index (κ2) is 10.7. The summed E-state index contributed by atoms with van der Waals surface area (Å²) in [7, 11) is 0. The zero-order valence-corrected chi connectivity index (χ0v) is 22.0. The summed E-state index contributed by atoms with van der Waals surface area (Å²) >= 11 is 1.19. The fourth-order valence-electron chi connectivity index (χ4n) is 5.21. The third-order valence-corrected chi connectivity index (χ3v) is 7.88. The fraction of sp³-hybridized carbons (Fsp3) is 0.207. The number of aromatic nitrogens is 1. The molecule has 1 unspecified atom stereocenters. The number of benzene rings is 3. The second-order valence-corrected chi connectivity index (χ2v) is 10.5. The van der Waals surface area contributed by atoms with Gasteiger partial charge in [-0.3, -0.25) is 14.9 Å². The molecule has 11 heteroatoms. The SMILES string of the molecule is O=C(Nc1nccs1)C(c1cc(F)ccc1O)N1Cc2ccc(-c3ccc(N4CCNCC4)cc3F)cc2C1=O. The molecule has 0 aliphatic carbocycles. The van der Waals surface area contributed by atoms with Gasteiger partial charge < -0.3 is 20.2 Å². The minimum atomic E-state index is -1.34. The molecule has 6 rings (SSSR count). The molecule has 2 amide bonds. The average Bonchev–Trinajstić information content (AvgIpc) is 3.59. The van der Waals surface area contributed by atoms with Crippen LogP contribution in [0.5, 0.6) is 5.75 Å². The monoisotopic (exact) mass is 561 g/mol. The highest BCUT2D eigenvalue weighted by Gasteiger charge is 2.39. The van der Waals surface area contributed by atoms with Crippen LogP contribution < -0.4 is 15.5 Å². The van der Waals surface area contributed by atoms with Crippen molar-refractivity contribution in [2.24, 2.45) is 0 Å². The number of rotatable bonds is 6. The lowest BCUT2D eigenvalue weighted by atomic mass is 9.99. The molecule has 1 aromatic heterocycles. The molecule has 0 spiro atoms. The number of phenols is 1. The van der Waals surface area contributed by atoms with Crippen molar-refractivity contribution in [2.75, 3.05) is 36.4 Å². The summed E-state index contributed by atoms with van der Waals surface area (Å²) in [6.45, 7) is 3.30. The number of anilines is 2. The largest absolute Gasteiger partial charge is 0.508 e. The summed E-state index contributed by atoms with van der Waals surface area (Å²) in [4.78, 5) is 34.6. The molecular formula is C29H25F2N5O3S. The summed E-state index contributed by atoms with van der Waals surface area (Å²) in [5, 5.41) is 18.4. The first-order valence-electron chi connectivity index (χ1n) is 12.8. The van der Waals surface area contributed by atoms with E-state index in [2.05, 4.69) is 20.5 Å². The Balaban J connectivity index is 1.32. The van der Waals surface area contributed by atoms with E-state index in [1.165, 1.54) is 28.5 Å². The molecule has 2 aliphatic rings. The van der Waals surface area contributed by atoms with Gasteiger partial charge in [0.05, 0.1) is 0 Å². The van der Waals surface area contributed by atoms with E-state index in [4.69, 9.17) is 0 Å². The number of halogens is 2. The molecule has 3 heterocycles. The molecule has 4 aromatic rings. The summed E-state index contributed by atoms with van der Waals surface area (Å²) in [5.41, 5.74) is 2.57. The second-order valence-electron chi connectivity index (χ2n) is 9.64. The maximum Gasteiger partial charge on any atom is 0.255 e. The smallest absolute Gasteiger partial charge is 0.255 e. The highest BCUT2D eigenvalue weighted by molar-refractivity contribution is 7.13. The zero-order chi connectivity index (χ0) is 27.8. The first-order valence-corrected chi connectivity index (χ1v) is 13.7. The Bertz CT molecular complexity index is 1590. The summed E-state index contributed by atoms with van der Waals surface area (Å²) in [6, 6.07) is 12.1. The Labute approximate surface area is 232 Å². The maximum atomic E-state index is 15.3. The molecule has 0 radical (unpaired) electrons. The van der Waals surface area contributed by atoms with Gasteiger partial charge in [0.15, 0.2) is 5.13 Å². The molecule has 0 saturated carbocycles. The van der Waals surface area contributed by atoms with Crippen molar-refractivity contribution in [1.82, 2.24) is 15.2 Å². The molecule has 204 valence electrons. The number of piperazine rings is 1. The molecule has 1 saturated heterocycles. The standard InChI is InChI=1S/C29H25F2N5O3S/c30-19-3-6-25(37)23(14-19)26(27(38)34-29-33-9-12-40-29)36-16-18-2-1-17(13-22(18)28(36)39)21-5-4-20(15-24(21)31)35-10-7-32-8-11-35/h1-6,9,12-15,26,32,37H,7-8,10-11,16H2,(H,33,34,38). The van der Waals surface area contributed by atoms with Gasteiger partial charge >= 0.3 is 0 Å². The molecule has 0 bridgehead atoms. The van der Waals surface area contributed by atoms with Gasteiger partial charge in [-0.25, -0.2) is 13.8 Å². The molecule has 1 fully saturated rings. The van der Waals surface area contributed by atoms with Crippen LogP contribution in [-0.4, -0.2) is 53.0 Å². The quantitative estimate of drug-likeness (QED) is 0.320. The fourth-order valence-corrected chi connectivity index (χ4v) is 5.74. The number of aromatic hydroxyl groups is 1. The van der Waals surface area contributed by atoms with Gasteiger partial charge in [0, 0.05) is 66.7 Å². The van der Waals surface area contributed by atoms with Gasteiger partial charge in [0.2, 0.25) is 0 Å². The van der Waals surface area contributed by atoms with Crippen molar-refractivity contribution in [3.05, 3.63) is 94.5 Å². The number of nitrogens with zero attached hydrogens (tertiary/aromatic N) is 3. The van der Waals surface area contributed by atoms with Gasteiger partial charge in [-0.2, -0.15) is 0 Å². The van der Waals surface area contributed by atoms with Gasteiger partial charge in [0.1, 0.15) is 23.4 Å². The van der Waals surface area contributed by atoms with E-state index in [9.17, 15) is 19.1 Å². The number of fused-ring (bicyclic) bond motifs is 1. The van der Waals surface area contributed by atoms with Crippen LogP contribution in [0.25, 0.3) is 11.1 Å². The van der Waals surface area contributed by atoms with Crippen molar-refractivity contribution >= 4 is 34.0 Å². The summed E-state index contributed by atoms with van der Waals surface area (Å²) < 4.78 is 29.5. The Morgan fingerprint density at radius 1 is 1.05 bits per heavy atom. The summed E-state index contributed by atoms with van der Waals surface area (Å²) in [5.74, 6) is -2.52. The number of hydrogen-bond donors (Lipinski definition) is 3. The number of nitrogens with one attached hydrogen (secondary N) is 2. The van der Waals surface area contributed by atoms with Crippen LogP contribution in [-0.2, 0) is 11.3 Å². The Hall–Kier alpha value is -4.35. The minimum absolute atomic E-state index is 0.0464. The molecule has 3 aromatic carbocycles. The van der Waals surface area contributed by atoms with E-state index >= 15 is 4.39 Å². The highest BCUT2D eigenvalue weighted by atomic mass is 32.1. The molecular weight excluding hydrogens is 536 g/mol. The molecule has 8 nitrogen and oxygen atoms in total. The van der Waals surface area contributed by atoms with E-state index in [-0.39, 0.29) is 17.9 Å². The first-order chi connectivity index (χ1) is 19.4. The van der Waals surface area contributed by atoms with Gasteiger partial charge in [-0.1, -0.05) is 12.1 Å². The Morgan fingerprint density at radius 3 is 2.62 bits per heavy atom. The van der Waals surface area contributed by atoms with Crippen LogP contribution in [0.3, 0.4) is 0 Å². The number of hydrogen-bond acceptors (Lipinski definition) is 7. The molecule has 2 aliphatic heterocycles. The van der Waals surface area contributed by atoms with Crippen molar-refractivity contribution in [3.8, 4) is 16.9 Å². The molecule has 3 N–H and O–H groups in total.